The SMILES string of the molecule is NC(CNc1ncc(-c2ccc3c(c2)OCO3)s1)Cc1c[nH]c2ccccc12. The first kappa shape index (κ1) is 17.1. The molecule has 2 aromatic carbocycles. The maximum Gasteiger partial charge on any atom is 0.231 e. The molecule has 142 valence electrons. The number of ether oxygens (including phenoxy) is 2. The highest BCUT2D eigenvalue weighted by Gasteiger charge is 2.15. The zero-order valence-electron chi connectivity index (χ0n) is 15.1. The van der Waals surface area contributed by atoms with Crippen LogP contribution in [0.25, 0.3) is 21.3 Å². The van der Waals surface area contributed by atoms with E-state index < -0.39 is 0 Å². The summed E-state index contributed by atoms with van der Waals surface area (Å²) in [7, 11) is 0. The Bertz CT molecular complexity index is 1120. The number of fused-ring (bicyclic) bond motifs is 2. The molecule has 0 radical (unpaired) electrons. The topological polar surface area (TPSA) is 85.2 Å². The van der Waals surface area contributed by atoms with E-state index >= 15 is 0 Å². The van der Waals surface area contributed by atoms with Crippen LogP contribution in [0.15, 0.2) is 54.9 Å². The Morgan fingerprint density at radius 1 is 1.18 bits per heavy atom. The van der Waals surface area contributed by atoms with Gasteiger partial charge in [0.2, 0.25) is 6.79 Å². The van der Waals surface area contributed by atoms with E-state index in [1.54, 1.807) is 11.3 Å². The van der Waals surface area contributed by atoms with Crippen molar-refractivity contribution in [3.05, 3.63) is 60.4 Å². The van der Waals surface area contributed by atoms with Crippen LogP contribution in [0.3, 0.4) is 0 Å². The van der Waals surface area contributed by atoms with Gasteiger partial charge in [-0.3, -0.25) is 0 Å². The van der Waals surface area contributed by atoms with Gasteiger partial charge in [0.05, 0.1) is 4.88 Å². The maximum absolute atomic E-state index is 6.35. The molecule has 7 heteroatoms. The lowest BCUT2D eigenvalue weighted by atomic mass is 10.1. The second-order valence-electron chi connectivity index (χ2n) is 6.80. The molecule has 5 rings (SSSR count). The zero-order valence-corrected chi connectivity index (χ0v) is 16.0. The normalized spacial score (nSPS) is 13.8. The van der Waals surface area contributed by atoms with Gasteiger partial charge < -0.3 is 25.5 Å². The predicted octanol–water partition coefficient (Wildman–Crippen LogP) is 4.00. The van der Waals surface area contributed by atoms with E-state index in [-0.39, 0.29) is 12.8 Å². The summed E-state index contributed by atoms with van der Waals surface area (Å²) in [5.74, 6) is 1.57. The van der Waals surface area contributed by atoms with Crippen molar-refractivity contribution in [3.63, 3.8) is 0 Å². The van der Waals surface area contributed by atoms with Gasteiger partial charge in [-0.15, -0.1) is 0 Å². The van der Waals surface area contributed by atoms with Gasteiger partial charge in [0, 0.05) is 35.9 Å². The van der Waals surface area contributed by atoms with Crippen molar-refractivity contribution in [1.29, 1.82) is 0 Å². The molecular formula is C21H20N4O2S. The lowest BCUT2D eigenvalue weighted by Gasteiger charge is -2.11. The molecule has 1 atom stereocenters. The summed E-state index contributed by atoms with van der Waals surface area (Å²) in [6, 6.07) is 14.2. The van der Waals surface area contributed by atoms with Gasteiger partial charge in [-0.2, -0.15) is 0 Å². The van der Waals surface area contributed by atoms with Crippen LogP contribution in [-0.2, 0) is 6.42 Å². The van der Waals surface area contributed by atoms with Crippen LogP contribution >= 0.6 is 11.3 Å². The van der Waals surface area contributed by atoms with Crippen LogP contribution in [0.1, 0.15) is 5.56 Å². The van der Waals surface area contributed by atoms with Crippen molar-refractivity contribution in [3.8, 4) is 21.9 Å². The quantitative estimate of drug-likeness (QED) is 0.462. The molecule has 0 bridgehead atoms. The van der Waals surface area contributed by atoms with E-state index in [2.05, 4.69) is 33.5 Å². The molecular weight excluding hydrogens is 372 g/mol. The number of benzene rings is 2. The fourth-order valence-electron chi connectivity index (χ4n) is 3.41. The number of thiazole rings is 1. The van der Waals surface area contributed by atoms with Crippen LogP contribution in [0, 0.1) is 0 Å². The summed E-state index contributed by atoms with van der Waals surface area (Å²) >= 11 is 1.60. The van der Waals surface area contributed by atoms with E-state index in [4.69, 9.17) is 15.2 Å². The summed E-state index contributed by atoms with van der Waals surface area (Å²) in [6.07, 6.45) is 4.72. The molecule has 3 heterocycles. The van der Waals surface area contributed by atoms with Gasteiger partial charge in [0.1, 0.15) is 0 Å². The molecule has 0 spiro atoms. The average molecular weight is 392 g/mol. The van der Waals surface area contributed by atoms with Crippen molar-refractivity contribution < 1.29 is 9.47 Å². The standard InChI is InChI=1S/C21H20N4O2S/c22-15(7-14-9-23-17-4-2-1-3-16(14)17)10-24-21-25-11-20(28-21)13-5-6-18-19(8-13)27-12-26-18/h1-6,8-9,11,15,23H,7,10,12,22H2,(H,24,25). The number of hydrogen-bond acceptors (Lipinski definition) is 6. The minimum Gasteiger partial charge on any atom is -0.454 e. The van der Waals surface area contributed by atoms with Crippen LogP contribution in [0.5, 0.6) is 11.5 Å². The summed E-state index contributed by atoms with van der Waals surface area (Å²) in [5, 5.41) is 5.46. The summed E-state index contributed by atoms with van der Waals surface area (Å²) in [6.45, 7) is 0.941. The minimum atomic E-state index is -0.00269. The first-order valence-corrected chi connectivity index (χ1v) is 9.98. The number of hydrogen-bond donors (Lipinski definition) is 3. The maximum atomic E-state index is 6.35. The molecule has 1 aliphatic rings. The average Bonchev–Trinajstić information content (AvgIpc) is 3.46. The van der Waals surface area contributed by atoms with E-state index in [0.29, 0.717) is 6.54 Å². The van der Waals surface area contributed by atoms with E-state index in [0.717, 1.165) is 39.0 Å². The molecule has 1 unspecified atom stereocenters. The van der Waals surface area contributed by atoms with Crippen LogP contribution < -0.4 is 20.5 Å². The van der Waals surface area contributed by atoms with Crippen LogP contribution in [-0.4, -0.2) is 29.3 Å². The van der Waals surface area contributed by atoms with Gasteiger partial charge in [0.25, 0.3) is 0 Å². The number of H-pyrrole nitrogens is 1. The Kier molecular flexibility index (Phi) is 4.38. The van der Waals surface area contributed by atoms with Gasteiger partial charge in [-0.05, 0) is 41.8 Å². The number of nitrogens with one attached hydrogen (secondary N) is 2. The molecule has 2 aromatic heterocycles. The van der Waals surface area contributed by atoms with Crippen molar-refractivity contribution in [2.75, 3.05) is 18.7 Å². The largest absolute Gasteiger partial charge is 0.454 e. The third-order valence-corrected chi connectivity index (χ3v) is 5.84. The molecule has 0 saturated carbocycles. The monoisotopic (exact) mass is 392 g/mol. The van der Waals surface area contributed by atoms with Gasteiger partial charge in [0.15, 0.2) is 16.6 Å². The summed E-state index contributed by atoms with van der Waals surface area (Å²) in [5.41, 5.74) is 9.81. The van der Waals surface area contributed by atoms with Crippen molar-refractivity contribution in [2.45, 2.75) is 12.5 Å². The molecule has 4 aromatic rings. The first-order valence-electron chi connectivity index (χ1n) is 9.16. The Morgan fingerprint density at radius 2 is 2.07 bits per heavy atom. The Hall–Kier alpha value is -3.03. The number of aromatic amines is 1. The van der Waals surface area contributed by atoms with Crippen LogP contribution in [0.2, 0.25) is 0 Å². The Morgan fingerprint density at radius 3 is 3.04 bits per heavy atom. The second kappa shape index (κ2) is 7.18. The highest BCUT2D eigenvalue weighted by Crippen LogP contribution is 2.38. The van der Waals surface area contributed by atoms with Gasteiger partial charge in [-0.25, -0.2) is 4.98 Å². The third-order valence-electron chi connectivity index (χ3n) is 4.84. The van der Waals surface area contributed by atoms with Gasteiger partial charge >= 0.3 is 0 Å². The van der Waals surface area contributed by atoms with Crippen molar-refractivity contribution in [1.82, 2.24) is 9.97 Å². The zero-order chi connectivity index (χ0) is 18.9. The number of anilines is 1. The predicted molar refractivity (Wildman–Crippen MR) is 112 cm³/mol. The highest BCUT2D eigenvalue weighted by atomic mass is 32.1. The number of para-hydroxylation sites is 1. The number of nitrogens with two attached hydrogens (primary N) is 1. The molecule has 0 amide bonds. The summed E-state index contributed by atoms with van der Waals surface area (Å²) in [4.78, 5) is 8.85. The first-order chi connectivity index (χ1) is 13.8. The number of aromatic nitrogens is 2. The third kappa shape index (κ3) is 3.30. The molecule has 0 saturated heterocycles. The lowest BCUT2D eigenvalue weighted by molar-refractivity contribution is 0.174. The summed E-state index contributed by atoms with van der Waals surface area (Å²) < 4.78 is 10.8. The molecule has 4 N–H and O–H groups in total. The smallest absolute Gasteiger partial charge is 0.231 e. The van der Waals surface area contributed by atoms with E-state index in [9.17, 15) is 0 Å². The minimum absolute atomic E-state index is 0.00269. The Balaban J connectivity index is 1.22. The van der Waals surface area contributed by atoms with Crippen molar-refractivity contribution in [2.24, 2.45) is 5.73 Å². The highest BCUT2D eigenvalue weighted by molar-refractivity contribution is 7.18. The number of nitrogens with zero attached hydrogens (tertiary/aromatic N) is 1. The molecule has 0 fully saturated rings. The fraction of sp³-hybridized carbons (Fsp3) is 0.190. The molecule has 0 aliphatic carbocycles. The molecule has 6 nitrogen and oxygen atoms in total. The Labute approximate surface area is 166 Å². The van der Waals surface area contributed by atoms with Gasteiger partial charge in [-0.1, -0.05) is 29.5 Å². The number of rotatable bonds is 6. The van der Waals surface area contributed by atoms with E-state index in [1.165, 1.54) is 10.9 Å². The van der Waals surface area contributed by atoms with Crippen molar-refractivity contribution >= 4 is 27.4 Å². The van der Waals surface area contributed by atoms with Crippen LogP contribution in [0.4, 0.5) is 5.13 Å². The lowest BCUT2D eigenvalue weighted by Crippen LogP contribution is -2.31. The second-order valence-corrected chi connectivity index (χ2v) is 7.83. The van der Waals surface area contributed by atoms with E-state index in [1.807, 2.05) is 36.7 Å². The molecule has 1 aliphatic heterocycles. The fourth-order valence-corrected chi connectivity index (χ4v) is 4.23. The molecule has 28 heavy (non-hydrogen) atoms.